The molecule has 0 aromatic carbocycles. The van der Waals surface area contributed by atoms with Crippen LogP contribution in [0.1, 0.15) is 13.8 Å². The van der Waals surface area contributed by atoms with E-state index in [4.69, 9.17) is 5.73 Å². The maximum Gasteiger partial charge on any atom is 0.241 e. The summed E-state index contributed by atoms with van der Waals surface area (Å²) in [6.07, 6.45) is 3.18. The minimum atomic E-state index is -0.403. The van der Waals surface area contributed by atoms with Gasteiger partial charge in [-0.15, -0.1) is 0 Å². The van der Waals surface area contributed by atoms with Gasteiger partial charge in [-0.1, -0.05) is 6.08 Å². The summed E-state index contributed by atoms with van der Waals surface area (Å²) >= 11 is 0. The third kappa shape index (κ3) is 3.78. The Labute approximate surface area is 67.9 Å². The van der Waals surface area contributed by atoms with Gasteiger partial charge < -0.3 is 10.6 Å². The Hall–Kier alpha value is -0.830. The highest BCUT2D eigenvalue weighted by Crippen LogP contribution is 2.10. The van der Waals surface area contributed by atoms with Crippen LogP contribution in [0.3, 0.4) is 0 Å². The van der Waals surface area contributed by atoms with Gasteiger partial charge in [0.1, 0.15) is 0 Å². The van der Waals surface area contributed by atoms with Crippen LogP contribution < -0.4 is 5.73 Å². The van der Waals surface area contributed by atoms with Crippen LogP contribution in [0.2, 0.25) is 0 Å². The van der Waals surface area contributed by atoms with E-state index in [2.05, 4.69) is 0 Å². The number of likely N-dealkylation sites (N-methyl/N-ethyl adjacent to an activating group) is 1. The van der Waals surface area contributed by atoms with Crippen LogP contribution in [0.15, 0.2) is 12.2 Å². The number of hydrogen-bond acceptors (Lipinski definition) is 2. The largest absolute Gasteiger partial charge is 0.366 e. The number of nitrogens with two attached hydrogens (primary N) is 1. The molecule has 1 amide bonds. The van der Waals surface area contributed by atoms with Crippen LogP contribution in [-0.2, 0) is 4.79 Å². The normalized spacial score (nSPS) is 12.8. The molecule has 0 saturated carbocycles. The third-order valence-electron chi connectivity index (χ3n) is 1.81. The van der Waals surface area contributed by atoms with E-state index in [9.17, 15) is 4.79 Å². The minimum Gasteiger partial charge on any atom is -0.366 e. The van der Waals surface area contributed by atoms with Crippen molar-refractivity contribution in [2.24, 2.45) is 5.73 Å². The molecule has 64 valence electrons. The highest BCUT2D eigenvalue weighted by atomic mass is 16.1. The van der Waals surface area contributed by atoms with Crippen LogP contribution in [-0.4, -0.2) is 30.4 Å². The molecular formula is C8H16N2O. The molecule has 0 bridgehead atoms. The molecular weight excluding hydrogens is 140 g/mol. The van der Waals surface area contributed by atoms with Gasteiger partial charge in [0.2, 0.25) is 5.91 Å². The van der Waals surface area contributed by atoms with Crippen molar-refractivity contribution >= 4 is 5.91 Å². The molecule has 0 aliphatic rings. The first-order chi connectivity index (χ1) is 4.86. The summed E-state index contributed by atoms with van der Waals surface area (Å²) in [6.45, 7) is 4.01. The maximum atomic E-state index is 10.4. The van der Waals surface area contributed by atoms with Crippen LogP contribution in [0, 0.1) is 0 Å². The first-order valence-electron chi connectivity index (χ1n) is 3.52. The van der Waals surface area contributed by atoms with E-state index in [1.165, 1.54) is 6.08 Å². The third-order valence-corrected chi connectivity index (χ3v) is 1.81. The standard InChI is InChI=1S/C8H16N2O/c1-8(2,10(3)4)6-5-7(9)11/h5-6H,1-4H3,(H2,9,11). The lowest BCUT2D eigenvalue weighted by molar-refractivity contribution is -0.113. The SMILES string of the molecule is CN(C)C(C)(C)C=CC(N)=O. The first-order valence-corrected chi connectivity index (χ1v) is 3.52. The molecule has 0 unspecified atom stereocenters. The lowest BCUT2D eigenvalue weighted by Crippen LogP contribution is -2.36. The Kier molecular flexibility index (Phi) is 3.26. The van der Waals surface area contributed by atoms with Gasteiger partial charge in [0.05, 0.1) is 0 Å². The van der Waals surface area contributed by atoms with Crippen molar-refractivity contribution in [2.75, 3.05) is 14.1 Å². The molecule has 0 aliphatic heterocycles. The second kappa shape index (κ2) is 3.53. The van der Waals surface area contributed by atoms with Gasteiger partial charge in [-0.2, -0.15) is 0 Å². The van der Waals surface area contributed by atoms with Crippen LogP contribution in [0.25, 0.3) is 0 Å². The zero-order valence-corrected chi connectivity index (χ0v) is 7.59. The van der Waals surface area contributed by atoms with Crippen molar-refractivity contribution in [3.05, 3.63) is 12.2 Å². The number of hydrogen-bond donors (Lipinski definition) is 1. The molecule has 3 nitrogen and oxygen atoms in total. The molecule has 0 spiro atoms. The number of nitrogens with zero attached hydrogens (tertiary/aromatic N) is 1. The molecule has 0 atom stereocenters. The highest BCUT2D eigenvalue weighted by molar-refractivity contribution is 5.85. The van der Waals surface area contributed by atoms with E-state index in [0.29, 0.717) is 0 Å². The van der Waals surface area contributed by atoms with E-state index in [1.807, 2.05) is 32.8 Å². The minimum absolute atomic E-state index is 0.116. The molecule has 0 rings (SSSR count). The Morgan fingerprint density at radius 3 is 2.18 bits per heavy atom. The average molecular weight is 156 g/mol. The smallest absolute Gasteiger partial charge is 0.241 e. The molecule has 2 N–H and O–H groups in total. The van der Waals surface area contributed by atoms with Crippen molar-refractivity contribution in [1.29, 1.82) is 0 Å². The summed E-state index contributed by atoms with van der Waals surface area (Å²) < 4.78 is 0. The summed E-state index contributed by atoms with van der Waals surface area (Å²) in [5.41, 5.74) is 4.84. The van der Waals surface area contributed by atoms with Gasteiger partial charge in [0.15, 0.2) is 0 Å². The van der Waals surface area contributed by atoms with E-state index >= 15 is 0 Å². The fourth-order valence-electron chi connectivity index (χ4n) is 0.435. The molecule has 0 fully saturated rings. The molecule has 3 heteroatoms. The van der Waals surface area contributed by atoms with Crippen molar-refractivity contribution in [1.82, 2.24) is 4.90 Å². The van der Waals surface area contributed by atoms with Gasteiger partial charge in [0, 0.05) is 11.6 Å². The number of carbonyl (C=O) groups excluding carboxylic acids is 1. The zero-order valence-electron chi connectivity index (χ0n) is 7.59. The van der Waals surface area contributed by atoms with E-state index in [0.717, 1.165) is 0 Å². The predicted octanol–water partition coefficient (Wildman–Crippen LogP) is 0.368. The molecule has 0 heterocycles. The molecule has 11 heavy (non-hydrogen) atoms. The van der Waals surface area contributed by atoms with Gasteiger partial charge in [-0.25, -0.2) is 0 Å². The van der Waals surface area contributed by atoms with Crippen LogP contribution >= 0.6 is 0 Å². The van der Waals surface area contributed by atoms with Crippen molar-refractivity contribution < 1.29 is 4.79 Å². The maximum absolute atomic E-state index is 10.4. The van der Waals surface area contributed by atoms with Gasteiger partial charge in [0.25, 0.3) is 0 Å². The number of rotatable bonds is 3. The quantitative estimate of drug-likeness (QED) is 0.600. The van der Waals surface area contributed by atoms with Crippen molar-refractivity contribution in [3.8, 4) is 0 Å². The second-order valence-electron chi connectivity index (χ2n) is 3.28. The Bertz CT molecular complexity index is 171. The predicted molar refractivity (Wildman–Crippen MR) is 46.1 cm³/mol. The van der Waals surface area contributed by atoms with Crippen LogP contribution in [0.4, 0.5) is 0 Å². The molecule has 0 saturated heterocycles. The van der Waals surface area contributed by atoms with E-state index in [-0.39, 0.29) is 5.54 Å². The second-order valence-corrected chi connectivity index (χ2v) is 3.28. The zero-order chi connectivity index (χ0) is 9.07. The summed E-state index contributed by atoms with van der Waals surface area (Å²) in [6, 6.07) is 0. The van der Waals surface area contributed by atoms with Crippen molar-refractivity contribution in [3.63, 3.8) is 0 Å². The van der Waals surface area contributed by atoms with Gasteiger partial charge in [-0.3, -0.25) is 4.79 Å². The molecule has 0 radical (unpaired) electrons. The van der Waals surface area contributed by atoms with Gasteiger partial charge >= 0.3 is 0 Å². The Morgan fingerprint density at radius 1 is 1.45 bits per heavy atom. The van der Waals surface area contributed by atoms with Crippen molar-refractivity contribution in [2.45, 2.75) is 19.4 Å². The summed E-state index contributed by atoms with van der Waals surface area (Å²) in [5, 5.41) is 0. The summed E-state index contributed by atoms with van der Waals surface area (Å²) in [4.78, 5) is 12.4. The molecule has 0 aromatic rings. The van der Waals surface area contributed by atoms with E-state index < -0.39 is 5.91 Å². The Morgan fingerprint density at radius 2 is 1.91 bits per heavy atom. The lowest BCUT2D eigenvalue weighted by Gasteiger charge is -2.28. The highest BCUT2D eigenvalue weighted by Gasteiger charge is 2.15. The molecule has 0 aliphatic carbocycles. The monoisotopic (exact) mass is 156 g/mol. The number of carbonyl (C=O) groups is 1. The summed E-state index contributed by atoms with van der Waals surface area (Å²) in [7, 11) is 3.90. The fraction of sp³-hybridized carbons (Fsp3) is 0.625. The lowest BCUT2D eigenvalue weighted by atomic mass is 10.0. The first kappa shape index (κ1) is 10.2. The molecule has 0 aromatic heterocycles. The summed E-state index contributed by atoms with van der Waals surface area (Å²) in [5.74, 6) is -0.403. The number of amides is 1. The fourth-order valence-corrected chi connectivity index (χ4v) is 0.435. The van der Waals surface area contributed by atoms with Crippen LogP contribution in [0.5, 0.6) is 0 Å². The average Bonchev–Trinajstić information content (AvgIpc) is 1.84. The topological polar surface area (TPSA) is 46.3 Å². The van der Waals surface area contributed by atoms with E-state index in [1.54, 1.807) is 6.08 Å². The number of primary amides is 1. The van der Waals surface area contributed by atoms with Gasteiger partial charge in [-0.05, 0) is 27.9 Å². The Balaban J connectivity index is 4.23.